The summed E-state index contributed by atoms with van der Waals surface area (Å²) in [5.41, 5.74) is 2.77. The standard InChI is InChI=1S/C17H27NOS/c1-5-9-18-15(12-20-17(2,3)4)13-6-7-16-14(11-13)8-10-19-16/h6-7,11,15,18H,5,8-10,12H2,1-4H3. The highest BCUT2D eigenvalue weighted by Crippen LogP contribution is 2.32. The molecule has 1 atom stereocenters. The lowest BCUT2D eigenvalue weighted by atomic mass is 10.0. The Morgan fingerprint density at radius 1 is 1.35 bits per heavy atom. The molecule has 1 unspecified atom stereocenters. The van der Waals surface area contributed by atoms with Crippen molar-refractivity contribution in [3.63, 3.8) is 0 Å². The van der Waals surface area contributed by atoms with Gasteiger partial charge in [0, 0.05) is 23.0 Å². The van der Waals surface area contributed by atoms with Gasteiger partial charge < -0.3 is 10.1 Å². The lowest BCUT2D eigenvalue weighted by Gasteiger charge is -2.24. The minimum atomic E-state index is 0.311. The van der Waals surface area contributed by atoms with Crippen molar-refractivity contribution >= 4 is 11.8 Å². The molecule has 1 aromatic carbocycles. The molecule has 0 radical (unpaired) electrons. The van der Waals surface area contributed by atoms with Crippen molar-refractivity contribution in [1.29, 1.82) is 0 Å². The topological polar surface area (TPSA) is 21.3 Å². The first-order valence-electron chi connectivity index (χ1n) is 7.62. The third kappa shape index (κ3) is 4.42. The Morgan fingerprint density at radius 3 is 2.85 bits per heavy atom. The molecule has 0 aliphatic carbocycles. The van der Waals surface area contributed by atoms with Crippen molar-refractivity contribution in [3.05, 3.63) is 29.3 Å². The van der Waals surface area contributed by atoms with Crippen molar-refractivity contribution in [2.75, 3.05) is 18.9 Å². The van der Waals surface area contributed by atoms with Gasteiger partial charge in [-0.3, -0.25) is 0 Å². The lowest BCUT2D eigenvalue weighted by molar-refractivity contribution is 0.356. The van der Waals surface area contributed by atoms with Gasteiger partial charge in [0.05, 0.1) is 6.61 Å². The number of hydrogen-bond acceptors (Lipinski definition) is 3. The molecule has 2 rings (SSSR count). The zero-order valence-corrected chi connectivity index (χ0v) is 14.0. The van der Waals surface area contributed by atoms with Crippen molar-refractivity contribution in [2.24, 2.45) is 0 Å². The Morgan fingerprint density at radius 2 is 2.15 bits per heavy atom. The number of hydrogen-bond donors (Lipinski definition) is 1. The second kappa shape index (κ2) is 6.86. The first-order chi connectivity index (χ1) is 9.49. The van der Waals surface area contributed by atoms with Gasteiger partial charge >= 0.3 is 0 Å². The smallest absolute Gasteiger partial charge is 0.122 e. The fraction of sp³-hybridized carbons (Fsp3) is 0.647. The number of thioether (sulfide) groups is 1. The van der Waals surface area contributed by atoms with E-state index in [0.29, 0.717) is 10.8 Å². The Labute approximate surface area is 127 Å². The van der Waals surface area contributed by atoms with Crippen LogP contribution in [-0.4, -0.2) is 23.7 Å². The second-order valence-corrected chi connectivity index (χ2v) is 8.24. The minimum Gasteiger partial charge on any atom is -0.493 e. The van der Waals surface area contributed by atoms with Crippen LogP contribution in [0.3, 0.4) is 0 Å². The van der Waals surface area contributed by atoms with E-state index in [-0.39, 0.29) is 0 Å². The maximum Gasteiger partial charge on any atom is 0.122 e. The third-order valence-electron chi connectivity index (χ3n) is 3.44. The first kappa shape index (κ1) is 15.7. The van der Waals surface area contributed by atoms with E-state index in [1.165, 1.54) is 17.5 Å². The number of fused-ring (bicyclic) bond motifs is 1. The quantitative estimate of drug-likeness (QED) is 0.849. The van der Waals surface area contributed by atoms with E-state index < -0.39 is 0 Å². The van der Waals surface area contributed by atoms with Gasteiger partial charge in [-0.15, -0.1) is 0 Å². The molecular weight excluding hydrogens is 266 g/mol. The molecule has 20 heavy (non-hydrogen) atoms. The van der Waals surface area contributed by atoms with Crippen molar-refractivity contribution < 1.29 is 4.74 Å². The average Bonchev–Trinajstić information content (AvgIpc) is 2.85. The summed E-state index contributed by atoms with van der Waals surface area (Å²) in [4.78, 5) is 0. The third-order valence-corrected chi connectivity index (χ3v) is 4.81. The van der Waals surface area contributed by atoms with E-state index >= 15 is 0 Å². The molecule has 112 valence electrons. The molecule has 1 aliphatic heterocycles. The van der Waals surface area contributed by atoms with Crippen molar-refractivity contribution in [1.82, 2.24) is 5.32 Å². The number of ether oxygens (including phenoxy) is 1. The zero-order chi connectivity index (χ0) is 14.6. The highest BCUT2D eigenvalue weighted by molar-refractivity contribution is 8.00. The normalized spacial score (nSPS) is 15.8. The molecule has 2 nitrogen and oxygen atoms in total. The van der Waals surface area contributed by atoms with Crippen LogP contribution in [0.2, 0.25) is 0 Å². The Bertz CT molecular complexity index is 439. The van der Waals surface area contributed by atoms with Crippen LogP contribution in [0.15, 0.2) is 18.2 Å². The summed E-state index contributed by atoms with van der Waals surface area (Å²) in [5.74, 6) is 2.19. The van der Waals surface area contributed by atoms with E-state index in [9.17, 15) is 0 Å². The molecule has 0 fully saturated rings. The lowest BCUT2D eigenvalue weighted by Crippen LogP contribution is -2.26. The highest BCUT2D eigenvalue weighted by atomic mass is 32.2. The molecule has 0 saturated heterocycles. The summed E-state index contributed by atoms with van der Waals surface area (Å²) in [6.07, 6.45) is 2.22. The Hall–Kier alpha value is -0.670. The molecule has 0 aromatic heterocycles. The van der Waals surface area contributed by atoms with Gasteiger partial charge in [-0.25, -0.2) is 0 Å². The minimum absolute atomic E-state index is 0.311. The fourth-order valence-corrected chi connectivity index (χ4v) is 3.33. The van der Waals surface area contributed by atoms with Crippen LogP contribution in [0.4, 0.5) is 0 Å². The molecule has 1 heterocycles. The Kier molecular flexibility index (Phi) is 5.39. The summed E-state index contributed by atoms with van der Waals surface area (Å²) in [5, 5.41) is 3.69. The molecular formula is C17H27NOS. The molecule has 0 bridgehead atoms. The van der Waals surface area contributed by atoms with Gasteiger partial charge in [0.1, 0.15) is 5.75 Å². The molecule has 0 amide bonds. The van der Waals surface area contributed by atoms with E-state index in [4.69, 9.17) is 4.74 Å². The van der Waals surface area contributed by atoms with Crippen molar-refractivity contribution in [3.8, 4) is 5.75 Å². The first-order valence-corrected chi connectivity index (χ1v) is 8.61. The molecule has 1 aliphatic rings. The zero-order valence-electron chi connectivity index (χ0n) is 13.2. The van der Waals surface area contributed by atoms with Gasteiger partial charge in [0.25, 0.3) is 0 Å². The monoisotopic (exact) mass is 293 g/mol. The summed E-state index contributed by atoms with van der Waals surface area (Å²) >= 11 is 2.03. The van der Waals surface area contributed by atoms with Gasteiger partial charge in [0.15, 0.2) is 0 Å². The summed E-state index contributed by atoms with van der Waals surface area (Å²) in [6.45, 7) is 11.0. The molecule has 1 N–H and O–H groups in total. The average molecular weight is 293 g/mol. The van der Waals surface area contributed by atoms with Crippen LogP contribution in [0.1, 0.15) is 51.3 Å². The second-order valence-electron chi connectivity index (χ2n) is 6.40. The predicted molar refractivity (Wildman–Crippen MR) is 88.9 cm³/mol. The van der Waals surface area contributed by atoms with Crippen LogP contribution in [0, 0.1) is 0 Å². The van der Waals surface area contributed by atoms with Gasteiger partial charge in [0.2, 0.25) is 0 Å². The molecule has 3 heteroatoms. The highest BCUT2D eigenvalue weighted by Gasteiger charge is 2.19. The maximum absolute atomic E-state index is 5.60. The van der Waals surface area contributed by atoms with E-state index in [1.54, 1.807) is 0 Å². The fourth-order valence-electron chi connectivity index (χ4n) is 2.35. The van der Waals surface area contributed by atoms with Gasteiger partial charge in [-0.1, -0.05) is 39.8 Å². The van der Waals surface area contributed by atoms with Gasteiger partial charge in [-0.05, 0) is 30.2 Å². The number of rotatable bonds is 6. The molecule has 0 saturated carbocycles. The van der Waals surface area contributed by atoms with E-state index in [2.05, 4.69) is 51.2 Å². The van der Waals surface area contributed by atoms with E-state index in [1.807, 2.05) is 11.8 Å². The number of benzene rings is 1. The van der Waals surface area contributed by atoms with Crippen LogP contribution >= 0.6 is 11.8 Å². The van der Waals surface area contributed by atoms with Crippen LogP contribution in [0.5, 0.6) is 5.75 Å². The largest absolute Gasteiger partial charge is 0.493 e. The molecule has 0 spiro atoms. The summed E-state index contributed by atoms with van der Waals surface area (Å²) in [6, 6.07) is 7.13. The summed E-state index contributed by atoms with van der Waals surface area (Å²) < 4.78 is 5.91. The van der Waals surface area contributed by atoms with Crippen molar-refractivity contribution in [2.45, 2.75) is 51.3 Å². The predicted octanol–water partition coefficient (Wildman–Crippen LogP) is 4.19. The summed E-state index contributed by atoms with van der Waals surface area (Å²) in [7, 11) is 0. The van der Waals surface area contributed by atoms with Crippen LogP contribution in [-0.2, 0) is 6.42 Å². The SMILES string of the molecule is CCCNC(CSC(C)(C)C)c1ccc2c(c1)CCO2. The maximum atomic E-state index is 5.60. The number of nitrogens with one attached hydrogen (secondary N) is 1. The van der Waals surface area contributed by atoms with E-state index in [0.717, 1.165) is 31.1 Å². The Balaban J connectivity index is 2.09. The van der Waals surface area contributed by atoms with Crippen LogP contribution < -0.4 is 10.1 Å². The van der Waals surface area contributed by atoms with Gasteiger partial charge in [-0.2, -0.15) is 11.8 Å². The van der Waals surface area contributed by atoms with Crippen LogP contribution in [0.25, 0.3) is 0 Å². The molecule has 1 aromatic rings.